The lowest BCUT2D eigenvalue weighted by atomic mass is 9.90. The van der Waals surface area contributed by atoms with Gasteiger partial charge in [0.15, 0.2) is 0 Å². The highest BCUT2D eigenvalue weighted by atomic mass is 16.1. The number of aromatic nitrogens is 1. The van der Waals surface area contributed by atoms with Gasteiger partial charge < -0.3 is 10.3 Å². The van der Waals surface area contributed by atoms with Crippen molar-refractivity contribution in [1.82, 2.24) is 9.47 Å². The summed E-state index contributed by atoms with van der Waals surface area (Å²) in [6.07, 6.45) is 5.05. The normalized spacial score (nSPS) is 12.1. The standard InChI is InChI=1S/C16H29N3O/c1-4-10-19(16(5-2,6-3)14-17)13-12-18-11-8-7-9-15(18)20/h7-9,11H,4-6,10,12-14,17H2,1-3H3. The molecule has 2 N–H and O–H groups in total. The third-order valence-corrected chi connectivity index (χ3v) is 4.37. The monoisotopic (exact) mass is 279 g/mol. The molecule has 0 fully saturated rings. The molecule has 20 heavy (non-hydrogen) atoms. The summed E-state index contributed by atoms with van der Waals surface area (Å²) in [5.74, 6) is 0. The molecule has 114 valence electrons. The average Bonchev–Trinajstić information content (AvgIpc) is 2.48. The van der Waals surface area contributed by atoms with E-state index in [9.17, 15) is 4.79 Å². The zero-order valence-corrected chi connectivity index (χ0v) is 13.1. The first-order valence-electron chi connectivity index (χ1n) is 7.74. The van der Waals surface area contributed by atoms with Gasteiger partial charge in [0.25, 0.3) is 5.56 Å². The molecule has 0 radical (unpaired) electrons. The third kappa shape index (κ3) is 3.93. The van der Waals surface area contributed by atoms with E-state index in [0.717, 1.165) is 38.9 Å². The van der Waals surface area contributed by atoms with Gasteiger partial charge in [-0.3, -0.25) is 9.69 Å². The molecular formula is C16H29N3O. The van der Waals surface area contributed by atoms with Crippen molar-refractivity contribution in [2.75, 3.05) is 19.6 Å². The van der Waals surface area contributed by atoms with E-state index in [4.69, 9.17) is 5.73 Å². The van der Waals surface area contributed by atoms with E-state index in [1.165, 1.54) is 0 Å². The Morgan fingerprint density at radius 2 is 1.90 bits per heavy atom. The van der Waals surface area contributed by atoms with Crippen LogP contribution in [0.5, 0.6) is 0 Å². The van der Waals surface area contributed by atoms with Crippen molar-refractivity contribution >= 4 is 0 Å². The van der Waals surface area contributed by atoms with Crippen molar-refractivity contribution in [3.8, 4) is 0 Å². The smallest absolute Gasteiger partial charge is 0.250 e. The van der Waals surface area contributed by atoms with Gasteiger partial charge in [-0.2, -0.15) is 0 Å². The maximum absolute atomic E-state index is 11.8. The Hall–Kier alpha value is -1.13. The summed E-state index contributed by atoms with van der Waals surface area (Å²) in [6.45, 7) is 9.89. The first kappa shape index (κ1) is 16.9. The lowest BCUT2D eigenvalue weighted by molar-refractivity contribution is 0.0803. The predicted octanol–water partition coefficient (Wildman–Crippen LogP) is 2.08. The molecular weight excluding hydrogens is 250 g/mol. The van der Waals surface area contributed by atoms with Crippen LogP contribution < -0.4 is 11.3 Å². The number of hydrogen-bond acceptors (Lipinski definition) is 3. The fraction of sp³-hybridized carbons (Fsp3) is 0.688. The van der Waals surface area contributed by atoms with Gasteiger partial charge in [0, 0.05) is 37.4 Å². The topological polar surface area (TPSA) is 51.3 Å². The number of pyridine rings is 1. The van der Waals surface area contributed by atoms with Crippen LogP contribution in [-0.4, -0.2) is 34.6 Å². The van der Waals surface area contributed by atoms with Crippen molar-refractivity contribution in [3.05, 3.63) is 34.7 Å². The Labute approximate surface area is 122 Å². The van der Waals surface area contributed by atoms with E-state index in [2.05, 4.69) is 25.7 Å². The van der Waals surface area contributed by atoms with Gasteiger partial charge in [0.05, 0.1) is 0 Å². The maximum Gasteiger partial charge on any atom is 0.250 e. The van der Waals surface area contributed by atoms with Crippen molar-refractivity contribution in [2.24, 2.45) is 5.73 Å². The molecule has 0 aliphatic rings. The highest BCUT2D eigenvalue weighted by Crippen LogP contribution is 2.23. The highest BCUT2D eigenvalue weighted by Gasteiger charge is 2.31. The summed E-state index contributed by atoms with van der Waals surface area (Å²) in [4.78, 5) is 14.2. The van der Waals surface area contributed by atoms with Crippen molar-refractivity contribution in [3.63, 3.8) is 0 Å². The lowest BCUT2D eigenvalue weighted by Gasteiger charge is -2.42. The zero-order chi connectivity index (χ0) is 15.0. The van der Waals surface area contributed by atoms with Crippen LogP contribution in [0, 0.1) is 0 Å². The second-order valence-corrected chi connectivity index (χ2v) is 5.35. The molecule has 0 bridgehead atoms. The minimum atomic E-state index is 0.0639. The Kier molecular flexibility index (Phi) is 6.96. The first-order chi connectivity index (χ1) is 9.63. The van der Waals surface area contributed by atoms with Gasteiger partial charge in [-0.25, -0.2) is 0 Å². The van der Waals surface area contributed by atoms with Crippen LogP contribution in [0.4, 0.5) is 0 Å². The van der Waals surface area contributed by atoms with Crippen LogP contribution in [0.3, 0.4) is 0 Å². The molecule has 1 rings (SSSR count). The lowest BCUT2D eigenvalue weighted by Crippen LogP contribution is -2.54. The summed E-state index contributed by atoms with van der Waals surface area (Å²) in [5.41, 5.74) is 6.18. The molecule has 1 aromatic rings. The Morgan fingerprint density at radius 3 is 2.40 bits per heavy atom. The molecule has 1 aromatic heterocycles. The fourth-order valence-corrected chi connectivity index (χ4v) is 2.84. The molecule has 0 atom stereocenters. The molecule has 0 aliphatic heterocycles. The second kappa shape index (κ2) is 8.22. The van der Waals surface area contributed by atoms with E-state index in [1.807, 2.05) is 12.3 Å². The van der Waals surface area contributed by atoms with E-state index < -0.39 is 0 Å². The van der Waals surface area contributed by atoms with Crippen LogP contribution in [0.1, 0.15) is 40.0 Å². The quantitative estimate of drug-likeness (QED) is 0.753. The van der Waals surface area contributed by atoms with Crippen LogP contribution in [-0.2, 0) is 6.54 Å². The van der Waals surface area contributed by atoms with Crippen LogP contribution in [0.15, 0.2) is 29.2 Å². The Bertz CT molecular complexity index is 429. The number of rotatable bonds is 9. The van der Waals surface area contributed by atoms with E-state index in [-0.39, 0.29) is 11.1 Å². The van der Waals surface area contributed by atoms with E-state index in [0.29, 0.717) is 6.54 Å². The minimum absolute atomic E-state index is 0.0639. The van der Waals surface area contributed by atoms with E-state index >= 15 is 0 Å². The van der Waals surface area contributed by atoms with Gasteiger partial charge in [0.1, 0.15) is 0 Å². The molecule has 0 aromatic carbocycles. The second-order valence-electron chi connectivity index (χ2n) is 5.35. The first-order valence-corrected chi connectivity index (χ1v) is 7.74. The van der Waals surface area contributed by atoms with E-state index in [1.54, 1.807) is 16.7 Å². The van der Waals surface area contributed by atoms with Crippen molar-refractivity contribution in [2.45, 2.75) is 52.1 Å². The summed E-state index contributed by atoms with van der Waals surface area (Å²) >= 11 is 0. The van der Waals surface area contributed by atoms with Crippen LogP contribution in [0.2, 0.25) is 0 Å². The highest BCUT2D eigenvalue weighted by molar-refractivity contribution is 4.94. The fourth-order valence-electron chi connectivity index (χ4n) is 2.84. The molecule has 0 spiro atoms. The molecule has 0 aliphatic carbocycles. The molecule has 0 saturated heterocycles. The molecule has 1 heterocycles. The van der Waals surface area contributed by atoms with Gasteiger partial charge in [-0.15, -0.1) is 0 Å². The van der Waals surface area contributed by atoms with Crippen molar-refractivity contribution < 1.29 is 0 Å². The zero-order valence-electron chi connectivity index (χ0n) is 13.1. The van der Waals surface area contributed by atoms with Crippen LogP contribution >= 0.6 is 0 Å². The molecule has 0 amide bonds. The SMILES string of the molecule is CCCN(CCn1ccccc1=O)C(CC)(CC)CN. The predicted molar refractivity (Wildman–Crippen MR) is 84.9 cm³/mol. The molecule has 4 nitrogen and oxygen atoms in total. The largest absolute Gasteiger partial charge is 0.329 e. The van der Waals surface area contributed by atoms with Crippen LogP contribution in [0.25, 0.3) is 0 Å². The number of nitrogens with two attached hydrogens (primary N) is 1. The van der Waals surface area contributed by atoms with Gasteiger partial charge in [-0.05, 0) is 31.9 Å². The summed E-state index contributed by atoms with van der Waals surface area (Å²) in [5, 5.41) is 0. The summed E-state index contributed by atoms with van der Waals surface area (Å²) in [6, 6.07) is 5.30. The van der Waals surface area contributed by atoms with Gasteiger partial charge in [0.2, 0.25) is 0 Å². The Morgan fingerprint density at radius 1 is 1.20 bits per heavy atom. The Balaban J connectivity index is 2.82. The maximum atomic E-state index is 11.8. The summed E-state index contributed by atoms with van der Waals surface area (Å²) < 4.78 is 1.77. The molecule has 0 unspecified atom stereocenters. The average molecular weight is 279 g/mol. The van der Waals surface area contributed by atoms with Gasteiger partial charge in [-0.1, -0.05) is 26.8 Å². The number of hydrogen-bond donors (Lipinski definition) is 1. The molecule has 0 saturated carbocycles. The third-order valence-electron chi connectivity index (χ3n) is 4.37. The minimum Gasteiger partial charge on any atom is -0.329 e. The summed E-state index contributed by atoms with van der Waals surface area (Å²) in [7, 11) is 0. The van der Waals surface area contributed by atoms with Gasteiger partial charge >= 0.3 is 0 Å². The molecule has 4 heteroatoms. The number of nitrogens with zero attached hydrogens (tertiary/aromatic N) is 2. The van der Waals surface area contributed by atoms with Crippen molar-refractivity contribution in [1.29, 1.82) is 0 Å².